The zero-order valence-corrected chi connectivity index (χ0v) is 12.5. The van der Waals surface area contributed by atoms with Crippen molar-refractivity contribution < 1.29 is 19.3 Å². The Morgan fingerprint density at radius 2 is 1.75 bits per heavy atom. The zero-order valence-electron chi connectivity index (χ0n) is 12.5. The largest absolute Gasteiger partial charge is 0.496 e. The summed E-state index contributed by atoms with van der Waals surface area (Å²) in [5.41, 5.74) is 1.78. The maximum absolute atomic E-state index is 10.1. The molecule has 0 saturated carbocycles. The smallest absolute Gasteiger partial charge is 0.126 e. The molecule has 0 bridgehead atoms. The van der Waals surface area contributed by atoms with Crippen LogP contribution in [0, 0.1) is 0 Å². The van der Waals surface area contributed by atoms with Crippen molar-refractivity contribution in [3.63, 3.8) is 0 Å². The third-order valence-corrected chi connectivity index (χ3v) is 3.84. The van der Waals surface area contributed by atoms with Gasteiger partial charge in [0.15, 0.2) is 0 Å². The first-order valence-corrected chi connectivity index (χ1v) is 6.77. The fraction of sp³-hybridized carbons (Fsp3) is 0.600. The Hall–Kier alpha value is -1.30. The summed E-state index contributed by atoms with van der Waals surface area (Å²) >= 11 is 0. The number of nitrogens with zero attached hydrogens (tertiary/aromatic N) is 1. The van der Waals surface area contributed by atoms with Crippen molar-refractivity contribution >= 4 is 5.69 Å². The van der Waals surface area contributed by atoms with Gasteiger partial charge in [-0.05, 0) is 19.1 Å². The van der Waals surface area contributed by atoms with E-state index in [-0.39, 0.29) is 12.2 Å². The molecule has 2 rings (SSSR count). The van der Waals surface area contributed by atoms with Gasteiger partial charge in [-0.2, -0.15) is 0 Å². The van der Waals surface area contributed by atoms with Crippen LogP contribution in [0.15, 0.2) is 18.2 Å². The number of benzene rings is 1. The summed E-state index contributed by atoms with van der Waals surface area (Å²) in [6, 6.07) is 5.79. The molecule has 5 nitrogen and oxygen atoms in total. The van der Waals surface area contributed by atoms with Crippen LogP contribution in [-0.4, -0.2) is 51.7 Å². The molecule has 3 unspecified atom stereocenters. The number of hydrogen-bond acceptors (Lipinski definition) is 5. The van der Waals surface area contributed by atoms with E-state index in [0.29, 0.717) is 5.75 Å². The van der Waals surface area contributed by atoms with Gasteiger partial charge < -0.3 is 24.2 Å². The molecule has 1 aliphatic heterocycles. The highest BCUT2D eigenvalue weighted by atomic mass is 16.5. The number of aliphatic hydroxyl groups excluding tert-OH is 1. The van der Waals surface area contributed by atoms with Crippen LogP contribution < -0.4 is 9.64 Å². The molecule has 1 N–H and O–H groups in total. The predicted molar refractivity (Wildman–Crippen MR) is 77.4 cm³/mol. The lowest BCUT2D eigenvalue weighted by molar-refractivity contribution is -0.00461. The van der Waals surface area contributed by atoms with Gasteiger partial charge in [-0.1, -0.05) is 6.07 Å². The standard InChI is InChI=1S/C15H23NO4/c1-10(17)15-11(6-5-7-12(15)18-2)16-8-13(19-3)14(9-16)20-4/h5-7,10,13-14,17H,8-9H2,1-4H3. The first-order chi connectivity index (χ1) is 9.62. The summed E-state index contributed by atoms with van der Waals surface area (Å²) in [7, 11) is 5.01. The molecule has 1 aliphatic rings. The quantitative estimate of drug-likeness (QED) is 0.888. The summed E-state index contributed by atoms with van der Waals surface area (Å²) in [5, 5.41) is 10.1. The molecule has 0 spiro atoms. The first kappa shape index (κ1) is 15.1. The van der Waals surface area contributed by atoms with Gasteiger partial charge in [0.05, 0.1) is 13.2 Å². The van der Waals surface area contributed by atoms with Crippen molar-refractivity contribution in [3.8, 4) is 5.75 Å². The van der Waals surface area contributed by atoms with Gasteiger partial charge in [0, 0.05) is 38.6 Å². The Morgan fingerprint density at radius 3 is 2.20 bits per heavy atom. The van der Waals surface area contributed by atoms with Crippen LogP contribution in [0.5, 0.6) is 5.75 Å². The van der Waals surface area contributed by atoms with Crippen LogP contribution in [0.4, 0.5) is 5.69 Å². The third kappa shape index (κ3) is 2.75. The van der Waals surface area contributed by atoms with E-state index in [1.54, 1.807) is 28.3 Å². The second kappa shape index (κ2) is 6.43. The molecule has 112 valence electrons. The lowest BCUT2D eigenvalue weighted by atomic mass is 10.1. The lowest BCUT2D eigenvalue weighted by Crippen LogP contribution is -2.27. The average molecular weight is 281 g/mol. The van der Waals surface area contributed by atoms with E-state index in [0.717, 1.165) is 24.3 Å². The second-order valence-corrected chi connectivity index (χ2v) is 5.02. The van der Waals surface area contributed by atoms with E-state index >= 15 is 0 Å². The van der Waals surface area contributed by atoms with Gasteiger partial charge in [-0.15, -0.1) is 0 Å². The predicted octanol–water partition coefficient (Wildman–Crippen LogP) is 1.60. The summed E-state index contributed by atoms with van der Waals surface area (Å²) in [6.45, 7) is 3.23. The van der Waals surface area contributed by atoms with Gasteiger partial charge in [0.25, 0.3) is 0 Å². The minimum Gasteiger partial charge on any atom is -0.496 e. The molecule has 20 heavy (non-hydrogen) atoms. The van der Waals surface area contributed by atoms with Gasteiger partial charge in [0.1, 0.15) is 18.0 Å². The number of rotatable bonds is 5. The molecule has 3 atom stereocenters. The highest BCUT2D eigenvalue weighted by molar-refractivity contribution is 5.61. The van der Waals surface area contributed by atoms with Crippen LogP contribution in [0.1, 0.15) is 18.6 Å². The van der Waals surface area contributed by atoms with E-state index < -0.39 is 6.10 Å². The molecule has 1 aromatic rings. The highest BCUT2D eigenvalue weighted by Crippen LogP contribution is 2.36. The SMILES string of the molecule is COc1cccc(N2CC(OC)C(OC)C2)c1C(C)O. The summed E-state index contributed by atoms with van der Waals surface area (Å²) in [5.74, 6) is 0.701. The van der Waals surface area contributed by atoms with E-state index in [2.05, 4.69) is 4.90 Å². The molecule has 1 heterocycles. The van der Waals surface area contributed by atoms with Crippen LogP contribution in [0.25, 0.3) is 0 Å². The van der Waals surface area contributed by atoms with Crippen LogP contribution >= 0.6 is 0 Å². The van der Waals surface area contributed by atoms with Crippen molar-refractivity contribution in [3.05, 3.63) is 23.8 Å². The molecule has 0 radical (unpaired) electrons. The minimum atomic E-state index is -0.594. The van der Waals surface area contributed by atoms with E-state index in [4.69, 9.17) is 14.2 Å². The van der Waals surface area contributed by atoms with Crippen molar-refractivity contribution in [2.45, 2.75) is 25.2 Å². The number of methoxy groups -OCH3 is 3. The van der Waals surface area contributed by atoms with E-state index in [9.17, 15) is 5.11 Å². The minimum absolute atomic E-state index is 0.0352. The summed E-state index contributed by atoms with van der Waals surface area (Å²) < 4.78 is 16.3. The number of ether oxygens (including phenoxy) is 3. The highest BCUT2D eigenvalue weighted by Gasteiger charge is 2.34. The zero-order chi connectivity index (χ0) is 14.7. The fourth-order valence-electron chi connectivity index (χ4n) is 2.80. The summed E-state index contributed by atoms with van der Waals surface area (Å²) in [4.78, 5) is 2.17. The summed E-state index contributed by atoms with van der Waals surface area (Å²) in [6.07, 6.45) is -0.523. The Labute approximate surface area is 120 Å². The maximum Gasteiger partial charge on any atom is 0.126 e. The van der Waals surface area contributed by atoms with Crippen molar-refractivity contribution in [1.29, 1.82) is 0 Å². The molecular weight excluding hydrogens is 258 g/mol. The van der Waals surface area contributed by atoms with Crippen molar-refractivity contribution in [2.24, 2.45) is 0 Å². The Morgan fingerprint density at radius 1 is 1.15 bits per heavy atom. The fourth-order valence-corrected chi connectivity index (χ4v) is 2.80. The topological polar surface area (TPSA) is 51.2 Å². The maximum atomic E-state index is 10.1. The van der Waals surface area contributed by atoms with Crippen LogP contribution in [0.2, 0.25) is 0 Å². The van der Waals surface area contributed by atoms with E-state index in [1.165, 1.54) is 0 Å². The Bertz CT molecular complexity index is 437. The van der Waals surface area contributed by atoms with Gasteiger partial charge >= 0.3 is 0 Å². The van der Waals surface area contributed by atoms with Crippen molar-refractivity contribution in [2.75, 3.05) is 39.3 Å². The Kier molecular flexibility index (Phi) is 4.86. The third-order valence-electron chi connectivity index (χ3n) is 3.84. The molecular formula is C15H23NO4. The number of anilines is 1. The first-order valence-electron chi connectivity index (χ1n) is 6.77. The number of hydrogen-bond donors (Lipinski definition) is 1. The van der Waals surface area contributed by atoms with Crippen molar-refractivity contribution in [1.82, 2.24) is 0 Å². The van der Waals surface area contributed by atoms with Crippen LogP contribution in [0.3, 0.4) is 0 Å². The monoisotopic (exact) mass is 281 g/mol. The van der Waals surface area contributed by atoms with Gasteiger partial charge in [-0.3, -0.25) is 0 Å². The normalized spacial score (nSPS) is 23.9. The lowest BCUT2D eigenvalue weighted by Gasteiger charge is -2.24. The van der Waals surface area contributed by atoms with Crippen LogP contribution in [-0.2, 0) is 9.47 Å². The molecule has 0 aromatic heterocycles. The molecule has 0 amide bonds. The molecule has 5 heteroatoms. The number of aliphatic hydroxyl groups is 1. The molecule has 0 aliphatic carbocycles. The van der Waals surface area contributed by atoms with E-state index in [1.807, 2.05) is 18.2 Å². The molecule has 1 fully saturated rings. The molecule has 1 aromatic carbocycles. The van der Waals surface area contributed by atoms with Gasteiger partial charge in [-0.25, -0.2) is 0 Å². The Balaban J connectivity index is 2.34. The van der Waals surface area contributed by atoms with Gasteiger partial charge in [0.2, 0.25) is 0 Å². The molecule has 1 saturated heterocycles. The average Bonchev–Trinajstić information content (AvgIpc) is 2.89. The second-order valence-electron chi connectivity index (χ2n) is 5.02.